The Labute approximate surface area is 99.1 Å². The van der Waals surface area contributed by atoms with E-state index in [0.717, 1.165) is 0 Å². The highest BCUT2D eigenvalue weighted by atomic mass is 32.2. The summed E-state index contributed by atoms with van der Waals surface area (Å²) in [6.45, 7) is 4.61. The number of ether oxygens (including phenoxy) is 2. The molecule has 0 aliphatic heterocycles. The summed E-state index contributed by atoms with van der Waals surface area (Å²) < 4.78 is 39.5. The smallest absolute Gasteiger partial charge is 0.327 e. The molecule has 0 saturated carbocycles. The molecule has 0 rings (SSSR count). The van der Waals surface area contributed by atoms with Crippen LogP contribution in [-0.4, -0.2) is 43.4 Å². The van der Waals surface area contributed by atoms with E-state index in [9.17, 15) is 18.0 Å². The van der Waals surface area contributed by atoms with Gasteiger partial charge in [0, 0.05) is 0 Å². The third-order valence-electron chi connectivity index (χ3n) is 1.62. The van der Waals surface area contributed by atoms with E-state index in [1.807, 2.05) is 0 Å². The van der Waals surface area contributed by atoms with Crippen LogP contribution in [0.2, 0.25) is 0 Å². The van der Waals surface area contributed by atoms with Gasteiger partial charge >= 0.3 is 11.9 Å². The Morgan fingerprint density at radius 1 is 1.41 bits per heavy atom. The van der Waals surface area contributed by atoms with Gasteiger partial charge in [0.25, 0.3) is 10.1 Å². The minimum absolute atomic E-state index is 0.0404. The standard InChI is InChI=1S/C9H14O7S/c1-3-5-16-9(11)7(17(12,13)14)6-8(10)15-4-2/h3,7H,1,4-6H2,2H3,(H,12,13,14). The molecule has 0 bridgehead atoms. The summed E-state index contributed by atoms with van der Waals surface area (Å²) in [4.78, 5) is 22.3. The van der Waals surface area contributed by atoms with Crippen LogP contribution < -0.4 is 0 Å². The Bertz CT molecular complexity index is 384. The van der Waals surface area contributed by atoms with Crippen LogP contribution in [0.4, 0.5) is 0 Å². The SMILES string of the molecule is C=CCOC(=O)C(CC(=O)OCC)S(=O)(=O)O. The summed E-state index contributed by atoms with van der Waals surface area (Å²) in [5, 5.41) is -1.97. The molecule has 1 N–H and O–H groups in total. The second-order valence-electron chi connectivity index (χ2n) is 2.93. The van der Waals surface area contributed by atoms with Crippen LogP contribution in [-0.2, 0) is 29.2 Å². The molecule has 0 heterocycles. The maximum atomic E-state index is 11.3. The largest absolute Gasteiger partial charge is 0.466 e. The molecule has 0 fully saturated rings. The quantitative estimate of drug-likeness (QED) is 0.390. The highest BCUT2D eigenvalue weighted by molar-refractivity contribution is 7.87. The fourth-order valence-corrected chi connectivity index (χ4v) is 1.57. The van der Waals surface area contributed by atoms with Gasteiger partial charge in [0.05, 0.1) is 13.0 Å². The molecule has 17 heavy (non-hydrogen) atoms. The Hall–Kier alpha value is -1.41. The lowest BCUT2D eigenvalue weighted by molar-refractivity contribution is -0.149. The van der Waals surface area contributed by atoms with E-state index in [-0.39, 0.29) is 13.2 Å². The van der Waals surface area contributed by atoms with E-state index in [4.69, 9.17) is 4.55 Å². The first-order valence-corrected chi connectivity index (χ1v) is 6.22. The van der Waals surface area contributed by atoms with Crippen molar-refractivity contribution < 1.29 is 32.0 Å². The highest BCUT2D eigenvalue weighted by Crippen LogP contribution is 2.08. The van der Waals surface area contributed by atoms with Crippen molar-refractivity contribution in [3.8, 4) is 0 Å². The second kappa shape index (κ2) is 7.02. The summed E-state index contributed by atoms with van der Waals surface area (Å²) in [6, 6.07) is 0. The summed E-state index contributed by atoms with van der Waals surface area (Å²) in [7, 11) is -4.72. The normalized spacial score (nSPS) is 12.6. The predicted octanol–water partition coefficient (Wildman–Crippen LogP) is -0.0748. The van der Waals surface area contributed by atoms with Gasteiger partial charge in [-0.1, -0.05) is 12.7 Å². The lowest BCUT2D eigenvalue weighted by atomic mass is 10.3. The third-order valence-corrected chi connectivity index (χ3v) is 2.70. The first-order valence-electron chi connectivity index (χ1n) is 4.72. The summed E-state index contributed by atoms with van der Waals surface area (Å²) in [5.74, 6) is -2.13. The molecular weight excluding hydrogens is 252 g/mol. The Kier molecular flexibility index (Phi) is 6.44. The summed E-state index contributed by atoms with van der Waals surface area (Å²) in [6.07, 6.45) is 0.436. The number of carbonyl (C=O) groups excluding carboxylic acids is 2. The fraction of sp³-hybridized carbons (Fsp3) is 0.556. The lowest BCUT2D eigenvalue weighted by Gasteiger charge is -2.11. The number of esters is 2. The van der Waals surface area contributed by atoms with Gasteiger partial charge in [0.15, 0.2) is 5.25 Å². The average Bonchev–Trinajstić information content (AvgIpc) is 2.21. The Morgan fingerprint density at radius 2 is 2.00 bits per heavy atom. The molecule has 0 aromatic rings. The van der Waals surface area contributed by atoms with E-state index in [0.29, 0.717) is 0 Å². The van der Waals surface area contributed by atoms with Crippen molar-refractivity contribution in [3.63, 3.8) is 0 Å². The zero-order valence-corrected chi connectivity index (χ0v) is 10.1. The van der Waals surface area contributed by atoms with Gasteiger partial charge in [0.2, 0.25) is 0 Å². The topological polar surface area (TPSA) is 107 Å². The lowest BCUT2D eigenvalue weighted by Crippen LogP contribution is -2.34. The van der Waals surface area contributed by atoms with Crippen molar-refractivity contribution in [3.05, 3.63) is 12.7 Å². The van der Waals surface area contributed by atoms with Crippen LogP contribution in [0.25, 0.3) is 0 Å². The molecule has 0 amide bonds. The van der Waals surface area contributed by atoms with E-state index in [1.165, 1.54) is 13.0 Å². The van der Waals surface area contributed by atoms with Crippen LogP contribution in [0.15, 0.2) is 12.7 Å². The minimum atomic E-state index is -4.72. The van der Waals surface area contributed by atoms with Crippen molar-refractivity contribution in [2.45, 2.75) is 18.6 Å². The molecule has 0 aliphatic rings. The van der Waals surface area contributed by atoms with Crippen LogP contribution in [0.1, 0.15) is 13.3 Å². The number of carbonyl (C=O) groups is 2. The molecule has 0 aromatic carbocycles. The Balaban J connectivity index is 4.72. The van der Waals surface area contributed by atoms with E-state index in [1.54, 1.807) is 0 Å². The molecule has 0 aliphatic carbocycles. The van der Waals surface area contributed by atoms with Crippen LogP contribution in [0.5, 0.6) is 0 Å². The monoisotopic (exact) mass is 266 g/mol. The van der Waals surface area contributed by atoms with Gasteiger partial charge in [0.1, 0.15) is 6.61 Å². The van der Waals surface area contributed by atoms with Gasteiger partial charge in [-0.05, 0) is 6.92 Å². The molecule has 0 aromatic heterocycles. The first-order chi connectivity index (χ1) is 7.82. The molecule has 8 heteroatoms. The molecule has 98 valence electrons. The second-order valence-corrected chi connectivity index (χ2v) is 4.53. The maximum absolute atomic E-state index is 11.3. The van der Waals surface area contributed by atoms with Gasteiger partial charge in [-0.3, -0.25) is 14.1 Å². The summed E-state index contributed by atoms with van der Waals surface area (Å²) in [5.41, 5.74) is 0. The number of hydrogen-bond donors (Lipinski definition) is 1. The highest BCUT2D eigenvalue weighted by Gasteiger charge is 2.35. The van der Waals surface area contributed by atoms with Crippen molar-refractivity contribution in [1.29, 1.82) is 0 Å². The molecule has 0 saturated heterocycles. The van der Waals surface area contributed by atoms with Gasteiger partial charge < -0.3 is 9.47 Å². The van der Waals surface area contributed by atoms with Crippen molar-refractivity contribution in [2.75, 3.05) is 13.2 Å². The first kappa shape index (κ1) is 15.6. The van der Waals surface area contributed by atoms with E-state index in [2.05, 4.69) is 16.1 Å². The molecule has 1 unspecified atom stereocenters. The molecule has 7 nitrogen and oxygen atoms in total. The minimum Gasteiger partial charge on any atom is -0.466 e. The van der Waals surface area contributed by atoms with E-state index < -0.39 is 33.7 Å². The fourth-order valence-electron chi connectivity index (χ4n) is 0.916. The van der Waals surface area contributed by atoms with E-state index >= 15 is 0 Å². The van der Waals surface area contributed by atoms with Crippen molar-refractivity contribution in [2.24, 2.45) is 0 Å². The predicted molar refractivity (Wildman–Crippen MR) is 57.7 cm³/mol. The third kappa shape index (κ3) is 6.03. The zero-order chi connectivity index (χ0) is 13.5. The van der Waals surface area contributed by atoms with Crippen molar-refractivity contribution >= 4 is 22.1 Å². The van der Waals surface area contributed by atoms with Gasteiger partial charge in [-0.15, -0.1) is 0 Å². The maximum Gasteiger partial charge on any atom is 0.327 e. The average molecular weight is 266 g/mol. The van der Waals surface area contributed by atoms with Crippen LogP contribution in [0, 0.1) is 0 Å². The van der Waals surface area contributed by atoms with Crippen LogP contribution >= 0.6 is 0 Å². The molecule has 0 radical (unpaired) electrons. The molecule has 1 atom stereocenters. The van der Waals surface area contributed by atoms with Gasteiger partial charge in [-0.25, -0.2) is 0 Å². The van der Waals surface area contributed by atoms with Crippen LogP contribution in [0.3, 0.4) is 0 Å². The summed E-state index contributed by atoms with van der Waals surface area (Å²) >= 11 is 0. The number of rotatable bonds is 7. The zero-order valence-electron chi connectivity index (χ0n) is 9.29. The molecular formula is C9H14O7S. The molecule has 0 spiro atoms. The van der Waals surface area contributed by atoms with Crippen molar-refractivity contribution in [1.82, 2.24) is 0 Å². The van der Waals surface area contributed by atoms with Gasteiger partial charge in [-0.2, -0.15) is 8.42 Å². The number of hydrogen-bond acceptors (Lipinski definition) is 6. The Morgan fingerprint density at radius 3 is 2.41 bits per heavy atom.